The van der Waals surface area contributed by atoms with Gasteiger partial charge < -0.3 is 10.4 Å². The topological polar surface area (TPSA) is 66.4 Å². The van der Waals surface area contributed by atoms with Crippen LogP contribution in [0.2, 0.25) is 0 Å². The fourth-order valence-electron chi connectivity index (χ4n) is 2.86. The minimum absolute atomic E-state index is 0.106. The van der Waals surface area contributed by atoms with Crippen LogP contribution in [0.1, 0.15) is 39.5 Å². The highest BCUT2D eigenvalue weighted by atomic mass is 32.2. The molecule has 0 aromatic heterocycles. The second-order valence-electron chi connectivity index (χ2n) is 6.17. The van der Waals surface area contributed by atoms with E-state index in [9.17, 15) is 13.5 Å². The van der Waals surface area contributed by atoms with Gasteiger partial charge in [-0.2, -0.15) is 0 Å². The molecule has 1 aromatic carbocycles. The third-order valence-corrected chi connectivity index (χ3v) is 6.29. The molecular weight excluding hydrogens is 286 g/mol. The van der Waals surface area contributed by atoms with E-state index in [1.54, 1.807) is 31.2 Å². The highest BCUT2D eigenvalue weighted by molar-refractivity contribution is 7.91. The number of hydrogen-bond donors (Lipinski definition) is 2. The molecule has 1 fully saturated rings. The molecule has 1 aliphatic carbocycles. The van der Waals surface area contributed by atoms with Crippen molar-refractivity contribution in [1.82, 2.24) is 0 Å². The van der Waals surface area contributed by atoms with Gasteiger partial charge in [0.2, 0.25) is 0 Å². The zero-order chi connectivity index (χ0) is 15.5. The van der Waals surface area contributed by atoms with Crippen molar-refractivity contribution in [2.75, 3.05) is 17.7 Å². The van der Waals surface area contributed by atoms with Crippen molar-refractivity contribution in [2.24, 2.45) is 5.92 Å². The van der Waals surface area contributed by atoms with Crippen LogP contribution >= 0.6 is 0 Å². The standard InChI is InChI=1S/C16H25NO3S/c1-3-21(19,20)15-6-4-14(5-7-15)17-16(12-18)10-8-13(2)9-11-16/h4-7,13,17-18H,3,8-12H2,1-2H3. The Kier molecular flexibility index (Phi) is 4.94. The summed E-state index contributed by atoms with van der Waals surface area (Å²) in [7, 11) is -3.15. The maximum Gasteiger partial charge on any atom is 0.178 e. The normalized spacial score (nSPS) is 26.5. The van der Waals surface area contributed by atoms with E-state index in [-0.39, 0.29) is 17.9 Å². The third-order valence-electron chi connectivity index (χ3n) is 4.54. The largest absolute Gasteiger partial charge is 0.394 e. The molecule has 2 rings (SSSR count). The Morgan fingerprint density at radius 1 is 1.24 bits per heavy atom. The molecule has 1 saturated carbocycles. The van der Waals surface area contributed by atoms with Crippen LogP contribution in [-0.2, 0) is 9.84 Å². The van der Waals surface area contributed by atoms with Crippen LogP contribution in [0.25, 0.3) is 0 Å². The van der Waals surface area contributed by atoms with Crippen LogP contribution in [0.5, 0.6) is 0 Å². The molecular formula is C16H25NO3S. The lowest BCUT2D eigenvalue weighted by molar-refractivity contribution is 0.155. The van der Waals surface area contributed by atoms with E-state index >= 15 is 0 Å². The first-order valence-corrected chi connectivity index (χ1v) is 9.28. The summed E-state index contributed by atoms with van der Waals surface area (Å²) >= 11 is 0. The van der Waals surface area contributed by atoms with Crippen LogP contribution in [0.3, 0.4) is 0 Å². The highest BCUT2D eigenvalue weighted by Crippen LogP contribution is 2.34. The van der Waals surface area contributed by atoms with Crippen molar-refractivity contribution in [3.63, 3.8) is 0 Å². The first kappa shape index (κ1) is 16.3. The second kappa shape index (κ2) is 6.36. The average molecular weight is 311 g/mol. The van der Waals surface area contributed by atoms with Crippen molar-refractivity contribution in [1.29, 1.82) is 0 Å². The van der Waals surface area contributed by atoms with Gasteiger partial charge >= 0.3 is 0 Å². The summed E-state index contributed by atoms with van der Waals surface area (Å²) in [5.74, 6) is 0.821. The fraction of sp³-hybridized carbons (Fsp3) is 0.625. The maximum atomic E-state index is 11.8. The van der Waals surface area contributed by atoms with Crippen LogP contribution in [0.15, 0.2) is 29.2 Å². The summed E-state index contributed by atoms with van der Waals surface area (Å²) in [5.41, 5.74) is 0.603. The number of hydrogen-bond acceptors (Lipinski definition) is 4. The Bertz CT molecular complexity index is 558. The summed E-state index contributed by atoms with van der Waals surface area (Å²) in [6.45, 7) is 3.99. The first-order valence-electron chi connectivity index (χ1n) is 7.63. The van der Waals surface area contributed by atoms with E-state index in [0.717, 1.165) is 31.4 Å². The van der Waals surface area contributed by atoms with Crippen molar-refractivity contribution in [3.8, 4) is 0 Å². The molecule has 21 heavy (non-hydrogen) atoms. The van der Waals surface area contributed by atoms with E-state index < -0.39 is 9.84 Å². The Balaban J connectivity index is 2.12. The molecule has 4 nitrogen and oxygen atoms in total. The van der Waals surface area contributed by atoms with Gasteiger partial charge in [-0.3, -0.25) is 0 Å². The van der Waals surface area contributed by atoms with Gasteiger partial charge in [0.1, 0.15) is 0 Å². The van der Waals surface area contributed by atoms with Gasteiger partial charge in [-0.25, -0.2) is 8.42 Å². The second-order valence-corrected chi connectivity index (χ2v) is 8.45. The maximum absolute atomic E-state index is 11.8. The van der Waals surface area contributed by atoms with Crippen molar-refractivity contribution in [2.45, 2.75) is 50.0 Å². The predicted molar refractivity (Wildman–Crippen MR) is 85.2 cm³/mol. The Labute approximate surface area is 127 Å². The molecule has 0 aliphatic heterocycles. The summed E-state index contributed by atoms with van der Waals surface area (Å²) < 4.78 is 23.6. The molecule has 0 atom stereocenters. The van der Waals surface area contributed by atoms with Crippen LogP contribution in [-0.4, -0.2) is 31.4 Å². The fourth-order valence-corrected chi connectivity index (χ4v) is 3.74. The minimum atomic E-state index is -3.15. The van der Waals surface area contributed by atoms with Gasteiger partial charge in [0.15, 0.2) is 9.84 Å². The molecule has 0 spiro atoms. The molecule has 0 radical (unpaired) electrons. The van der Waals surface area contributed by atoms with Crippen LogP contribution in [0.4, 0.5) is 5.69 Å². The SMILES string of the molecule is CCS(=O)(=O)c1ccc(NC2(CO)CCC(C)CC2)cc1. The number of aliphatic hydroxyl groups excluding tert-OH is 1. The number of sulfone groups is 1. The molecule has 0 amide bonds. The Hall–Kier alpha value is -1.07. The zero-order valence-corrected chi connectivity index (χ0v) is 13.6. The van der Waals surface area contributed by atoms with Gasteiger partial charge in [-0.1, -0.05) is 13.8 Å². The van der Waals surface area contributed by atoms with E-state index in [4.69, 9.17) is 0 Å². The molecule has 0 saturated heterocycles. The van der Waals surface area contributed by atoms with Crippen molar-refractivity contribution < 1.29 is 13.5 Å². The molecule has 0 unspecified atom stereocenters. The first-order chi connectivity index (χ1) is 9.91. The van der Waals surface area contributed by atoms with Gasteiger partial charge in [-0.05, 0) is 55.9 Å². The molecule has 0 bridgehead atoms. The highest BCUT2D eigenvalue weighted by Gasteiger charge is 2.33. The van der Waals surface area contributed by atoms with E-state index in [0.29, 0.717) is 10.8 Å². The smallest absolute Gasteiger partial charge is 0.178 e. The predicted octanol–water partition coefficient (Wildman–Crippen LogP) is 2.83. The quantitative estimate of drug-likeness (QED) is 0.877. The summed E-state index contributed by atoms with van der Waals surface area (Å²) in [5, 5.41) is 13.2. The van der Waals surface area contributed by atoms with Gasteiger partial charge in [0.25, 0.3) is 0 Å². The lowest BCUT2D eigenvalue weighted by Gasteiger charge is -2.39. The van der Waals surface area contributed by atoms with Gasteiger partial charge in [0.05, 0.1) is 22.8 Å². The van der Waals surface area contributed by atoms with Crippen molar-refractivity contribution >= 4 is 15.5 Å². The molecule has 0 heterocycles. The minimum Gasteiger partial charge on any atom is -0.394 e. The number of aliphatic hydroxyl groups is 1. The number of benzene rings is 1. The van der Waals surface area contributed by atoms with E-state index in [1.165, 1.54) is 0 Å². The summed E-state index contributed by atoms with van der Waals surface area (Å²) in [6, 6.07) is 6.85. The molecule has 2 N–H and O–H groups in total. The summed E-state index contributed by atoms with van der Waals surface area (Å²) in [4.78, 5) is 0.353. The third kappa shape index (κ3) is 3.77. The molecule has 118 valence electrons. The lowest BCUT2D eigenvalue weighted by atomic mass is 9.77. The zero-order valence-electron chi connectivity index (χ0n) is 12.8. The molecule has 5 heteroatoms. The van der Waals surface area contributed by atoms with E-state index in [2.05, 4.69) is 12.2 Å². The Morgan fingerprint density at radius 2 is 1.81 bits per heavy atom. The average Bonchev–Trinajstić information content (AvgIpc) is 2.50. The van der Waals surface area contributed by atoms with Crippen LogP contribution in [0, 0.1) is 5.92 Å². The molecule has 1 aromatic rings. The van der Waals surface area contributed by atoms with Crippen LogP contribution < -0.4 is 5.32 Å². The van der Waals surface area contributed by atoms with E-state index in [1.807, 2.05) is 0 Å². The monoisotopic (exact) mass is 311 g/mol. The van der Waals surface area contributed by atoms with Gasteiger partial charge in [0, 0.05) is 5.69 Å². The molecule has 1 aliphatic rings. The van der Waals surface area contributed by atoms with Gasteiger partial charge in [-0.15, -0.1) is 0 Å². The number of anilines is 1. The lowest BCUT2D eigenvalue weighted by Crippen LogP contribution is -2.45. The number of rotatable bonds is 5. The van der Waals surface area contributed by atoms with Crippen molar-refractivity contribution in [3.05, 3.63) is 24.3 Å². The Morgan fingerprint density at radius 3 is 2.29 bits per heavy atom. The number of nitrogens with one attached hydrogen (secondary N) is 1. The summed E-state index contributed by atoms with van der Waals surface area (Å²) in [6.07, 6.45) is 4.10.